The predicted molar refractivity (Wildman–Crippen MR) is 81.0 cm³/mol. The van der Waals surface area contributed by atoms with Gasteiger partial charge in [0, 0.05) is 11.1 Å². The average Bonchev–Trinajstić information content (AvgIpc) is 2.37. The molecular formula is C17H26. The normalized spacial score (nSPS) is 6.00. The lowest BCUT2D eigenvalue weighted by Gasteiger charge is -1.90. The topological polar surface area (TPSA) is 0 Å². The molecule has 0 heteroatoms. The second-order valence-electron chi connectivity index (χ2n) is 2.33. The summed E-state index contributed by atoms with van der Waals surface area (Å²) < 4.78 is 0. The summed E-state index contributed by atoms with van der Waals surface area (Å²) in [5.74, 6) is 11.7. The third kappa shape index (κ3) is 10.6. The molecule has 0 unspecified atom stereocenters. The van der Waals surface area contributed by atoms with Gasteiger partial charge >= 0.3 is 0 Å². The number of benzene rings is 1. The number of rotatable bonds is 0. The van der Waals surface area contributed by atoms with Crippen molar-refractivity contribution in [2.45, 2.75) is 49.0 Å². The molecule has 0 bridgehead atoms. The largest absolute Gasteiger partial charge is 0.101 e. The molecule has 1 aromatic rings. The highest BCUT2D eigenvalue weighted by Gasteiger charge is 1.86. The predicted octanol–water partition coefficient (Wildman–Crippen LogP) is 5.12. The van der Waals surface area contributed by atoms with Crippen molar-refractivity contribution in [2.24, 2.45) is 0 Å². The molecule has 0 atom stereocenters. The Morgan fingerprint density at radius 1 is 0.647 bits per heavy atom. The molecular weight excluding hydrogens is 204 g/mol. The lowest BCUT2D eigenvalue weighted by Crippen LogP contribution is -1.75. The van der Waals surface area contributed by atoms with E-state index >= 15 is 0 Å². The van der Waals surface area contributed by atoms with Crippen molar-refractivity contribution in [3.8, 4) is 23.7 Å². The first-order valence-electron chi connectivity index (χ1n) is 5.82. The van der Waals surface area contributed by atoms with E-state index in [4.69, 9.17) is 0 Å². The third-order valence-electron chi connectivity index (χ3n) is 1.42. The van der Waals surface area contributed by atoms with E-state index in [-0.39, 0.29) is 7.43 Å². The van der Waals surface area contributed by atoms with Gasteiger partial charge in [-0.1, -0.05) is 47.0 Å². The Kier molecular flexibility index (Phi) is 20.4. The molecule has 0 N–H and O–H groups in total. The monoisotopic (exact) mass is 230 g/mol. The second kappa shape index (κ2) is 16.8. The highest BCUT2D eigenvalue weighted by atomic mass is 13.9. The molecule has 0 aliphatic rings. The molecule has 1 rings (SSSR count). The number of hydrogen-bond donors (Lipinski definition) is 0. The Balaban J connectivity index is -0.000000355. The van der Waals surface area contributed by atoms with Crippen LogP contribution in [0.5, 0.6) is 0 Å². The van der Waals surface area contributed by atoms with Gasteiger partial charge in [0.05, 0.1) is 0 Å². The van der Waals surface area contributed by atoms with Crippen molar-refractivity contribution < 1.29 is 0 Å². The van der Waals surface area contributed by atoms with Gasteiger partial charge in [-0.05, 0) is 38.1 Å². The van der Waals surface area contributed by atoms with E-state index in [0.717, 1.165) is 11.1 Å². The quantitative estimate of drug-likeness (QED) is 0.543. The molecule has 94 valence electrons. The van der Waals surface area contributed by atoms with Crippen LogP contribution in [0, 0.1) is 23.7 Å². The average molecular weight is 230 g/mol. The first-order valence-corrected chi connectivity index (χ1v) is 5.82. The molecule has 0 aliphatic carbocycles. The van der Waals surface area contributed by atoms with Crippen LogP contribution in [-0.4, -0.2) is 0 Å². The van der Waals surface area contributed by atoms with Gasteiger partial charge in [-0.3, -0.25) is 0 Å². The van der Waals surface area contributed by atoms with Crippen molar-refractivity contribution in [3.63, 3.8) is 0 Å². The van der Waals surface area contributed by atoms with Crippen LogP contribution in [0.1, 0.15) is 60.1 Å². The summed E-state index contributed by atoms with van der Waals surface area (Å²) in [4.78, 5) is 0. The van der Waals surface area contributed by atoms with Gasteiger partial charge in [0.15, 0.2) is 0 Å². The van der Waals surface area contributed by atoms with Gasteiger partial charge in [-0.15, -0.1) is 11.8 Å². The Morgan fingerprint density at radius 2 is 0.882 bits per heavy atom. The van der Waals surface area contributed by atoms with Gasteiger partial charge in [0.25, 0.3) is 0 Å². The smallest absolute Gasteiger partial charge is 0.0245 e. The summed E-state index contributed by atoms with van der Waals surface area (Å²) in [5, 5.41) is 0. The third-order valence-corrected chi connectivity index (χ3v) is 1.42. The van der Waals surface area contributed by atoms with Crippen LogP contribution in [0.25, 0.3) is 0 Å². The second-order valence-corrected chi connectivity index (χ2v) is 2.33. The lowest BCUT2D eigenvalue weighted by molar-refractivity contribution is 1.50. The molecule has 17 heavy (non-hydrogen) atoms. The molecule has 0 nitrogen and oxygen atoms in total. The molecule has 0 amide bonds. The maximum Gasteiger partial charge on any atom is 0.0245 e. The lowest BCUT2D eigenvalue weighted by atomic mass is 10.1. The van der Waals surface area contributed by atoms with Crippen molar-refractivity contribution in [2.75, 3.05) is 0 Å². The van der Waals surface area contributed by atoms with Crippen molar-refractivity contribution >= 4 is 0 Å². The van der Waals surface area contributed by atoms with E-state index in [1.165, 1.54) is 0 Å². The van der Waals surface area contributed by atoms with Crippen LogP contribution in [0.4, 0.5) is 0 Å². The first-order chi connectivity index (χ1) is 7.86. The van der Waals surface area contributed by atoms with E-state index in [0.29, 0.717) is 0 Å². The maximum absolute atomic E-state index is 2.98. The zero-order chi connectivity index (χ0) is 12.8. The van der Waals surface area contributed by atoms with E-state index < -0.39 is 0 Å². The molecule has 0 heterocycles. The Bertz CT molecular complexity index is 321. The van der Waals surface area contributed by atoms with Gasteiger partial charge in [-0.25, -0.2) is 0 Å². The molecule has 0 saturated heterocycles. The standard InChI is InChI=1S/C12H10.2C2H6.CH4/c1-3-5-11-7-9-12(6-4-2)10-8-11;2*1-2;/h7-10H,1-2H3;2*1-2H3;1H4. The summed E-state index contributed by atoms with van der Waals surface area (Å²) in [5.41, 5.74) is 2.08. The zero-order valence-electron chi connectivity index (χ0n) is 11.3. The SMILES string of the molecule is C.CC.CC.CC#Cc1ccc(C#CC)cc1. The zero-order valence-corrected chi connectivity index (χ0v) is 11.3. The summed E-state index contributed by atoms with van der Waals surface area (Å²) >= 11 is 0. The van der Waals surface area contributed by atoms with E-state index in [1.807, 2.05) is 65.8 Å². The highest BCUT2D eigenvalue weighted by Crippen LogP contribution is 2.01. The Labute approximate surface area is 108 Å². The minimum Gasteiger partial charge on any atom is -0.101 e. The van der Waals surface area contributed by atoms with Crippen LogP contribution in [0.2, 0.25) is 0 Å². The molecule has 0 fully saturated rings. The minimum absolute atomic E-state index is 0. The Hall–Kier alpha value is -1.66. The molecule has 0 aliphatic heterocycles. The summed E-state index contributed by atoms with van der Waals surface area (Å²) in [6, 6.07) is 7.93. The number of hydrogen-bond acceptors (Lipinski definition) is 0. The highest BCUT2D eigenvalue weighted by molar-refractivity contribution is 5.41. The van der Waals surface area contributed by atoms with E-state index in [9.17, 15) is 0 Å². The van der Waals surface area contributed by atoms with Gasteiger partial charge < -0.3 is 0 Å². The minimum atomic E-state index is 0. The van der Waals surface area contributed by atoms with Crippen LogP contribution >= 0.6 is 0 Å². The molecule has 1 aromatic carbocycles. The van der Waals surface area contributed by atoms with Gasteiger partial charge in [-0.2, -0.15) is 0 Å². The maximum atomic E-state index is 2.98. The molecule has 0 radical (unpaired) electrons. The van der Waals surface area contributed by atoms with Crippen molar-refractivity contribution in [3.05, 3.63) is 35.4 Å². The van der Waals surface area contributed by atoms with Crippen molar-refractivity contribution in [1.82, 2.24) is 0 Å². The fraction of sp³-hybridized carbons (Fsp3) is 0.412. The Morgan fingerprint density at radius 3 is 1.06 bits per heavy atom. The van der Waals surface area contributed by atoms with Gasteiger partial charge in [0.1, 0.15) is 0 Å². The molecule has 0 aromatic heterocycles. The fourth-order valence-corrected chi connectivity index (χ4v) is 0.926. The summed E-state index contributed by atoms with van der Waals surface area (Å²) in [6.45, 7) is 11.7. The summed E-state index contributed by atoms with van der Waals surface area (Å²) in [6.07, 6.45) is 0. The molecule has 0 spiro atoms. The summed E-state index contributed by atoms with van der Waals surface area (Å²) in [7, 11) is 0. The van der Waals surface area contributed by atoms with Gasteiger partial charge in [0.2, 0.25) is 0 Å². The van der Waals surface area contributed by atoms with Crippen LogP contribution in [0.3, 0.4) is 0 Å². The van der Waals surface area contributed by atoms with E-state index in [2.05, 4.69) is 23.7 Å². The van der Waals surface area contributed by atoms with Crippen LogP contribution in [0.15, 0.2) is 24.3 Å². The van der Waals surface area contributed by atoms with E-state index in [1.54, 1.807) is 0 Å². The fourth-order valence-electron chi connectivity index (χ4n) is 0.926. The van der Waals surface area contributed by atoms with Crippen molar-refractivity contribution in [1.29, 1.82) is 0 Å². The molecule has 0 saturated carbocycles. The van der Waals surface area contributed by atoms with Crippen LogP contribution < -0.4 is 0 Å². The first kappa shape index (κ1) is 20.7. The van der Waals surface area contributed by atoms with Crippen LogP contribution in [-0.2, 0) is 0 Å².